The summed E-state index contributed by atoms with van der Waals surface area (Å²) in [6, 6.07) is 0. The molecule has 1 nitrogen and oxygen atoms in total. The van der Waals surface area contributed by atoms with Gasteiger partial charge in [0.15, 0.2) is 0 Å². The number of halogens is 4. The monoisotopic (exact) mass is 392 g/mol. The van der Waals surface area contributed by atoms with Crippen molar-refractivity contribution in [2.45, 2.75) is 10.7 Å². The van der Waals surface area contributed by atoms with E-state index in [-0.39, 0.29) is 41.0 Å². The minimum Gasteiger partial charge on any atom is -1.00 e. The molecule has 76 valence electrons. The zero-order valence-electron chi connectivity index (χ0n) is 7.15. The first-order valence-electron chi connectivity index (χ1n) is 3.36. The molecule has 0 aromatic heterocycles. The summed E-state index contributed by atoms with van der Waals surface area (Å²) in [5.41, 5.74) is 2.51. The molecule has 0 fully saturated rings. The molecular formula is C8H6BrCl3OZr. The van der Waals surface area contributed by atoms with Gasteiger partial charge >= 0.3 is 89.7 Å². The Balaban J connectivity index is 0. The molecule has 2 rings (SSSR count). The largest absolute Gasteiger partial charge is 1.00 e. The molecule has 1 atom stereocenters. The number of ether oxygens (including phenoxy) is 1. The van der Waals surface area contributed by atoms with Crippen LogP contribution in [0.5, 0.6) is 0 Å². The smallest absolute Gasteiger partial charge is 1.00 e. The van der Waals surface area contributed by atoms with Crippen LogP contribution in [-0.4, -0.2) is 3.81 Å². The first-order valence-corrected chi connectivity index (χ1v) is 5.57. The predicted molar refractivity (Wildman–Crippen MR) is 42.7 cm³/mol. The van der Waals surface area contributed by atoms with E-state index in [9.17, 15) is 0 Å². The number of hydrogen-bond acceptors (Lipinski definition) is 1. The van der Waals surface area contributed by atoms with Crippen molar-refractivity contribution in [2.75, 3.05) is 0 Å². The van der Waals surface area contributed by atoms with E-state index in [0.29, 0.717) is 0 Å². The van der Waals surface area contributed by atoms with Gasteiger partial charge in [-0.1, -0.05) is 0 Å². The van der Waals surface area contributed by atoms with Crippen molar-refractivity contribution >= 4 is 15.9 Å². The summed E-state index contributed by atoms with van der Waals surface area (Å²) in [6.45, 7) is 2.08. The molecule has 1 aliphatic heterocycles. The van der Waals surface area contributed by atoms with Gasteiger partial charge in [0.05, 0.1) is 0 Å². The van der Waals surface area contributed by atoms with Crippen LogP contribution in [0.1, 0.15) is 6.92 Å². The van der Waals surface area contributed by atoms with Crippen molar-refractivity contribution in [3.63, 3.8) is 0 Å². The van der Waals surface area contributed by atoms with Crippen LogP contribution in [0.4, 0.5) is 0 Å². The van der Waals surface area contributed by atoms with Gasteiger partial charge in [0, 0.05) is 0 Å². The van der Waals surface area contributed by atoms with Gasteiger partial charge in [-0.2, -0.15) is 0 Å². The third-order valence-corrected chi connectivity index (χ3v) is 4.61. The zero-order valence-corrected chi connectivity index (χ0v) is 13.5. The standard InChI is InChI=1S/C8H6BrO.3ClH.Zr/c1-5-2-6-7(9)4-10-8(6)3-5;;;;/h2-4H,1H3;3*1H;/q;;;;+3/p-3. The van der Waals surface area contributed by atoms with E-state index in [1.54, 1.807) is 0 Å². The molecule has 0 aromatic carbocycles. The maximum atomic E-state index is 5.60. The first-order chi connectivity index (χ1) is 5.18. The maximum absolute atomic E-state index is 5.60. The molecule has 1 heterocycles. The minimum absolute atomic E-state index is 0. The Morgan fingerprint density at radius 3 is 2.36 bits per heavy atom. The Hall–Kier alpha value is 1.25. The molecular weight excluding hydrogens is 390 g/mol. The van der Waals surface area contributed by atoms with E-state index in [1.807, 2.05) is 0 Å². The normalized spacial score (nSPS) is 22.1. The van der Waals surface area contributed by atoms with Crippen LogP contribution < -0.4 is 37.2 Å². The van der Waals surface area contributed by atoms with Crippen LogP contribution in [0.3, 0.4) is 0 Å². The van der Waals surface area contributed by atoms with Crippen molar-refractivity contribution in [1.82, 2.24) is 0 Å². The van der Waals surface area contributed by atoms with Crippen LogP contribution in [0.25, 0.3) is 0 Å². The summed E-state index contributed by atoms with van der Waals surface area (Å²) in [5, 5.41) is 0. The Kier molecular flexibility index (Phi) is 8.51. The van der Waals surface area contributed by atoms with E-state index in [0.717, 1.165) is 5.76 Å². The minimum atomic E-state index is 0. The fourth-order valence-corrected chi connectivity index (χ4v) is 2.33. The summed E-state index contributed by atoms with van der Waals surface area (Å²) in [5.74, 6) is 1.04. The fraction of sp³-hybridized carbons (Fsp3) is 0.250. The van der Waals surface area contributed by atoms with Crippen molar-refractivity contribution in [2.24, 2.45) is 0 Å². The SMILES string of the molecule is CC1=CC2=C(Br)[CH]([Zr+3])OC2=C1.[Cl-].[Cl-].[Cl-]. The van der Waals surface area contributed by atoms with Crippen LogP contribution in [0, 0.1) is 0 Å². The Morgan fingerprint density at radius 2 is 1.86 bits per heavy atom. The average Bonchev–Trinajstić information content (AvgIpc) is 2.37. The number of allylic oxidation sites excluding steroid dienone is 3. The van der Waals surface area contributed by atoms with E-state index < -0.39 is 0 Å². The third kappa shape index (κ3) is 3.12. The molecule has 14 heavy (non-hydrogen) atoms. The Bertz CT molecular complexity index is 312. The predicted octanol–water partition coefficient (Wildman–Crippen LogP) is -6.61. The van der Waals surface area contributed by atoms with Gasteiger partial charge in [-0.3, -0.25) is 0 Å². The average molecular weight is 396 g/mol. The number of hydrogen-bond donors (Lipinski definition) is 0. The van der Waals surface area contributed by atoms with Crippen LogP contribution in [0.15, 0.2) is 33.5 Å². The van der Waals surface area contributed by atoms with E-state index >= 15 is 0 Å². The maximum Gasteiger partial charge on any atom is -1.00 e. The molecule has 0 spiro atoms. The van der Waals surface area contributed by atoms with Crippen molar-refractivity contribution < 1.29 is 66.7 Å². The second kappa shape index (κ2) is 6.75. The summed E-state index contributed by atoms with van der Waals surface area (Å²) in [7, 11) is 0. The Labute approximate surface area is 126 Å². The van der Waals surface area contributed by atoms with Crippen LogP contribution in [0.2, 0.25) is 0 Å². The van der Waals surface area contributed by atoms with Gasteiger partial charge in [0.25, 0.3) is 0 Å². The van der Waals surface area contributed by atoms with Crippen LogP contribution in [-0.2, 0) is 29.5 Å². The molecule has 0 aromatic rings. The molecule has 0 saturated carbocycles. The quantitative estimate of drug-likeness (QED) is 0.396. The zero-order chi connectivity index (χ0) is 8.01. The molecule has 2 aliphatic rings. The molecule has 0 N–H and O–H groups in total. The molecule has 1 aliphatic carbocycles. The fourth-order valence-electron chi connectivity index (χ4n) is 1.23. The summed E-state index contributed by atoms with van der Waals surface area (Å²) >= 11 is 4.93. The van der Waals surface area contributed by atoms with Crippen molar-refractivity contribution in [3.05, 3.63) is 33.5 Å². The second-order valence-corrected chi connectivity index (χ2v) is 4.80. The van der Waals surface area contributed by atoms with Gasteiger partial charge < -0.3 is 37.2 Å². The van der Waals surface area contributed by atoms with Crippen molar-refractivity contribution in [3.8, 4) is 0 Å². The second-order valence-electron chi connectivity index (χ2n) is 2.66. The van der Waals surface area contributed by atoms with Crippen molar-refractivity contribution in [1.29, 1.82) is 0 Å². The molecule has 0 amide bonds. The van der Waals surface area contributed by atoms with Gasteiger partial charge in [-0.05, 0) is 0 Å². The van der Waals surface area contributed by atoms with E-state index in [2.05, 4.69) is 35.0 Å². The molecule has 0 radical (unpaired) electrons. The number of fused-ring (bicyclic) bond motifs is 1. The van der Waals surface area contributed by atoms with Gasteiger partial charge in [0.2, 0.25) is 0 Å². The van der Waals surface area contributed by atoms with E-state index in [1.165, 1.54) is 40.3 Å². The Morgan fingerprint density at radius 1 is 1.29 bits per heavy atom. The van der Waals surface area contributed by atoms with Gasteiger partial charge in [0.1, 0.15) is 0 Å². The van der Waals surface area contributed by atoms with Crippen LogP contribution >= 0.6 is 15.9 Å². The summed E-state index contributed by atoms with van der Waals surface area (Å²) in [4.78, 5) is 0. The number of rotatable bonds is 0. The topological polar surface area (TPSA) is 9.23 Å². The third-order valence-electron chi connectivity index (χ3n) is 1.73. The van der Waals surface area contributed by atoms with Gasteiger partial charge in [-0.25, -0.2) is 0 Å². The molecule has 1 unspecified atom stereocenters. The first kappa shape index (κ1) is 17.6. The summed E-state index contributed by atoms with van der Waals surface area (Å²) in [6.07, 6.45) is 4.24. The van der Waals surface area contributed by atoms with E-state index in [4.69, 9.17) is 4.74 Å². The molecule has 6 heteroatoms. The van der Waals surface area contributed by atoms with Gasteiger partial charge in [-0.15, -0.1) is 0 Å². The molecule has 0 saturated heterocycles. The summed E-state index contributed by atoms with van der Waals surface area (Å²) < 4.78 is 7.09. The molecule has 0 bridgehead atoms.